The predicted octanol–water partition coefficient (Wildman–Crippen LogP) is 6.54. The summed E-state index contributed by atoms with van der Waals surface area (Å²) in [5, 5.41) is 7.12. The van der Waals surface area contributed by atoms with Gasteiger partial charge in [-0.2, -0.15) is 13.2 Å². The van der Waals surface area contributed by atoms with Crippen molar-refractivity contribution in [3.8, 4) is 11.1 Å². The van der Waals surface area contributed by atoms with Crippen LogP contribution in [0.25, 0.3) is 11.1 Å². The lowest BCUT2D eigenvalue weighted by Gasteiger charge is -2.34. The molecule has 0 aromatic heterocycles. The molecule has 0 bridgehead atoms. The molecule has 1 fully saturated rings. The van der Waals surface area contributed by atoms with Gasteiger partial charge < -0.3 is 10.8 Å². The zero-order chi connectivity index (χ0) is 24.8. The lowest BCUT2D eigenvalue weighted by atomic mass is 9.72. The van der Waals surface area contributed by atoms with E-state index in [1.807, 2.05) is 13.0 Å². The van der Waals surface area contributed by atoms with Crippen molar-refractivity contribution in [1.29, 1.82) is 0 Å². The second-order valence-electron chi connectivity index (χ2n) is 9.49. The Kier molecular flexibility index (Phi) is 8.69. The number of nitrogens with two attached hydrogens (primary N) is 1. The molecule has 0 saturated heterocycles. The van der Waals surface area contributed by atoms with E-state index in [-0.39, 0.29) is 5.91 Å². The highest BCUT2D eigenvalue weighted by Crippen LogP contribution is 2.39. The van der Waals surface area contributed by atoms with Gasteiger partial charge in [0.15, 0.2) is 0 Å². The second kappa shape index (κ2) is 10.9. The standard InChI is InChI=1S/C24H31NO.C2HF3O2/c1-17-21(5-4-6-22(17)23(25)26)20-11-9-18(10-12-20)7-8-19-13-15-24(2,3)16-14-19;3-2(4,5)1(6)7/h4-6,9-12,19H,7-8,13-16H2,1-3H3,(H2,25,26);(H,6,7). The van der Waals surface area contributed by atoms with E-state index in [9.17, 15) is 18.0 Å². The highest BCUT2D eigenvalue weighted by Gasteiger charge is 2.38. The third kappa shape index (κ3) is 7.91. The zero-order valence-electron chi connectivity index (χ0n) is 19.3. The smallest absolute Gasteiger partial charge is 0.475 e. The number of amides is 1. The van der Waals surface area contributed by atoms with Crippen molar-refractivity contribution in [2.45, 2.75) is 65.5 Å². The summed E-state index contributed by atoms with van der Waals surface area (Å²) in [5.41, 5.74) is 11.2. The molecule has 0 heterocycles. The first-order chi connectivity index (χ1) is 15.3. The maximum absolute atomic E-state index is 11.6. The molecule has 1 saturated carbocycles. The fourth-order valence-electron chi connectivity index (χ4n) is 4.18. The topological polar surface area (TPSA) is 80.4 Å². The number of halogens is 3. The summed E-state index contributed by atoms with van der Waals surface area (Å²) in [6.45, 7) is 6.77. The van der Waals surface area contributed by atoms with Crippen molar-refractivity contribution >= 4 is 11.9 Å². The fourth-order valence-corrected chi connectivity index (χ4v) is 4.18. The number of primary amides is 1. The van der Waals surface area contributed by atoms with Gasteiger partial charge in [0.1, 0.15) is 0 Å². The van der Waals surface area contributed by atoms with Gasteiger partial charge in [-0.05, 0) is 85.1 Å². The lowest BCUT2D eigenvalue weighted by molar-refractivity contribution is -0.192. The minimum absolute atomic E-state index is 0.364. The van der Waals surface area contributed by atoms with E-state index in [2.05, 4.69) is 44.2 Å². The van der Waals surface area contributed by atoms with Crippen LogP contribution >= 0.6 is 0 Å². The summed E-state index contributed by atoms with van der Waals surface area (Å²) in [6, 6.07) is 14.6. The molecule has 0 atom stereocenters. The average molecular weight is 464 g/mol. The van der Waals surface area contributed by atoms with Gasteiger partial charge >= 0.3 is 12.1 Å². The molecule has 0 spiro atoms. The van der Waals surface area contributed by atoms with Crippen LogP contribution < -0.4 is 5.73 Å². The van der Waals surface area contributed by atoms with Gasteiger partial charge in [-0.1, -0.05) is 50.2 Å². The van der Waals surface area contributed by atoms with Gasteiger partial charge in [0, 0.05) is 5.56 Å². The van der Waals surface area contributed by atoms with E-state index in [0.717, 1.165) is 29.0 Å². The quantitative estimate of drug-likeness (QED) is 0.528. The number of aryl methyl sites for hydroxylation is 1. The van der Waals surface area contributed by atoms with Crippen LogP contribution in [0.3, 0.4) is 0 Å². The third-order valence-corrected chi connectivity index (χ3v) is 6.41. The number of carboxylic acids is 1. The summed E-state index contributed by atoms with van der Waals surface area (Å²) in [6.07, 6.45) is 2.86. The summed E-state index contributed by atoms with van der Waals surface area (Å²) in [5.74, 6) is -2.23. The first-order valence-corrected chi connectivity index (χ1v) is 11.1. The molecule has 3 N–H and O–H groups in total. The molecule has 2 aromatic carbocycles. The monoisotopic (exact) mass is 463 g/mol. The van der Waals surface area contributed by atoms with Crippen LogP contribution in [0.1, 0.15) is 67.4 Å². The normalized spacial score (nSPS) is 15.9. The molecule has 3 rings (SSSR count). The molecular weight excluding hydrogens is 431 g/mol. The van der Waals surface area contributed by atoms with Gasteiger partial charge in [0.05, 0.1) is 0 Å². The summed E-state index contributed by atoms with van der Waals surface area (Å²) in [7, 11) is 0. The Balaban J connectivity index is 0.000000479. The Hall–Kier alpha value is -2.83. The number of carbonyl (C=O) groups excluding carboxylic acids is 1. The summed E-state index contributed by atoms with van der Waals surface area (Å²) >= 11 is 0. The molecule has 1 amide bonds. The molecule has 7 heteroatoms. The van der Waals surface area contributed by atoms with Crippen LogP contribution in [0, 0.1) is 18.3 Å². The highest BCUT2D eigenvalue weighted by molar-refractivity contribution is 5.96. The summed E-state index contributed by atoms with van der Waals surface area (Å²) in [4.78, 5) is 20.5. The number of carbonyl (C=O) groups is 2. The molecule has 0 aliphatic heterocycles. The van der Waals surface area contributed by atoms with Crippen LogP contribution in [0.4, 0.5) is 13.2 Å². The number of benzene rings is 2. The van der Waals surface area contributed by atoms with Gasteiger partial charge in [-0.3, -0.25) is 4.79 Å². The largest absolute Gasteiger partial charge is 0.490 e. The molecule has 0 unspecified atom stereocenters. The molecule has 0 radical (unpaired) electrons. The SMILES string of the molecule is Cc1c(C(N)=O)cccc1-c1ccc(CCC2CCC(C)(C)CC2)cc1.O=C(O)C(F)(F)F. The molecule has 180 valence electrons. The minimum atomic E-state index is -5.08. The molecule has 1 aliphatic carbocycles. The Morgan fingerprint density at radius 3 is 2.09 bits per heavy atom. The number of aliphatic carboxylic acids is 1. The van der Waals surface area contributed by atoms with Crippen LogP contribution in [0.15, 0.2) is 42.5 Å². The van der Waals surface area contributed by atoms with E-state index in [1.54, 1.807) is 6.07 Å². The number of hydrogen-bond acceptors (Lipinski definition) is 2. The van der Waals surface area contributed by atoms with Gasteiger partial charge in [-0.25, -0.2) is 4.79 Å². The van der Waals surface area contributed by atoms with E-state index >= 15 is 0 Å². The number of rotatable bonds is 5. The number of hydrogen-bond donors (Lipinski definition) is 2. The molecule has 1 aliphatic rings. The van der Waals surface area contributed by atoms with Crippen molar-refractivity contribution in [2.24, 2.45) is 17.1 Å². The van der Waals surface area contributed by atoms with Crippen LogP contribution in [-0.2, 0) is 11.2 Å². The lowest BCUT2D eigenvalue weighted by Crippen LogP contribution is -2.21. The Bertz CT molecular complexity index is 956. The Labute approximate surface area is 193 Å². The maximum atomic E-state index is 11.6. The highest BCUT2D eigenvalue weighted by atomic mass is 19.4. The number of alkyl halides is 3. The van der Waals surface area contributed by atoms with Crippen molar-refractivity contribution in [1.82, 2.24) is 0 Å². The van der Waals surface area contributed by atoms with Crippen molar-refractivity contribution in [3.05, 3.63) is 59.2 Å². The van der Waals surface area contributed by atoms with Crippen molar-refractivity contribution in [2.75, 3.05) is 0 Å². The van der Waals surface area contributed by atoms with Gasteiger partial charge in [0.2, 0.25) is 5.91 Å². The maximum Gasteiger partial charge on any atom is 0.490 e. The van der Waals surface area contributed by atoms with E-state index in [0.29, 0.717) is 11.0 Å². The third-order valence-electron chi connectivity index (χ3n) is 6.41. The van der Waals surface area contributed by atoms with Crippen LogP contribution in [-0.4, -0.2) is 23.2 Å². The number of carboxylic acid groups (broad SMARTS) is 1. The van der Waals surface area contributed by atoms with Crippen LogP contribution in [0.5, 0.6) is 0 Å². The van der Waals surface area contributed by atoms with E-state index in [4.69, 9.17) is 15.6 Å². The van der Waals surface area contributed by atoms with E-state index < -0.39 is 12.1 Å². The second-order valence-corrected chi connectivity index (χ2v) is 9.49. The van der Waals surface area contributed by atoms with Crippen LogP contribution in [0.2, 0.25) is 0 Å². The molecular formula is C26H32F3NO3. The summed E-state index contributed by atoms with van der Waals surface area (Å²) < 4.78 is 31.7. The zero-order valence-corrected chi connectivity index (χ0v) is 19.3. The van der Waals surface area contributed by atoms with Crippen molar-refractivity contribution < 1.29 is 27.9 Å². The van der Waals surface area contributed by atoms with Gasteiger partial charge in [-0.15, -0.1) is 0 Å². The molecule has 2 aromatic rings. The molecule has 33 heavy (non-hydrogen) atoms. The fraction of sp³-hybridized carbons (Fsp3) is 0.462. The average Bonchev–Trinajstić information content (AvgIpc) is 2.73. The van der Waals surface area contributed by atoms with Crippen molar-refractivity contribution in [3.63, 3.8) is 0 Å². The first kappa shape index (κ1) is 26.4. The predicted molar refractivity (Wildman–Crippen MR) is 123 cm³/mol. The Morgan fingerprint density at radius 1 is 1.06 bits per heavy atom. The molecule has 4 nitrogen and oxygen atoms in total. The van der Waals surface area contributed by atoms with E-state index in [1.165, 1.54) is 37.7 Å². The van der Waals surface area contributed by atoms with Gasteiger partial charge in [0.25, 0.3) is 0 Å². The Morgan fingerprint density at radius 2 is 1.61 bits per heavy atom. The minimum Gasteiger partial charge on any atom is -0.475 e. The first-order valence-electron chi connectivity index (χ1n) is 11.1.